The van der Waals surface area contributed by atoms with E-state index in [-0.39, 0.29) is 35.1 Å². The Labute approximate surface area is 303 Å². The Bertz CT molecular complexity index is 1530. The van der Waals surface area contributed by atoms with Gasteiger partial charge in [-0.05, 0) is 137 Å². The van der Waals surface area contributed by atoms with Crippen LogP contribution >= 0.6 is 0 Å². The zero-order chi connectivity index (χ0) is 36.4. The van der Waals surface area contributed by atoms with E-state index in [0.717, 1.165) is 56.6 Å². The molecule has 6 atom stereocenters. The Balaban J connectivity index is 1.17. The molecule has 1 aromatic rings. The predicted octanol–water partition coefficient (Wildman–Crippen LogP) is 9.94. The van der Waals surface area contributed by atoms with Crippen LogP contribution in [0.5, 0.6) is 0 Å². The number of unbranched alkanes of at least 4 members (excludes halogenated alkanes) is 1. The van der Waals surface area contributed by atoms with Gasteiger partial charge in [0.1, 0.15) is 0 Å². The highest BCUT2D eigenvalue weighted by Crippen LogP contribution is 2.89. The number of amides is 2. The molecule has 3 aliphatic carbocycles. The molecule has 0 radical (unpaired) electrons. The third kappa shape index (κ3) is 7.06. The molecule has 1 N–H and O–H groups in total. The first-order valence-corrected chi connectivity index (χ1v) is 19.8. The molecule has 1 aromatic carbocycles. The van der Waals surface area contributed by atoms with Crippen LogP contribution in [-0.2, 0) is 15.0 Å². The van der Waals surface area contributed by atoms with Crippen LogP contribution in [-0.4, -0.2) is 47.3 Å². The van der Waals surface area contributed by atoms with Crippen LogP contribution < -0.4 is 5.32 Å². The number of carbonyl (C=O) groups is 2. The number of likely N-dealkylation sites (tertiary alicyclic amines) is 1. The van der Waals surface area contributed by atoms with E-state index in [0.29, 0.717) is 22.7 Å². The molecule has 2 amide bonds. The van der Waals surface area contributed by atoms with Crippen LogP contribution in [0.4, 0.5) is 0 Å². The topological polar surface area (TPSA) is 74.1 Å². The summed E-state index contributed by atoms with van der Waals surface area (Å²) in [6.45, 7) is 22.8. The van der Waals surface area contributed by atoms with Gasteiger partial charge in [0.25, 0.3) is 0 Å². The Kier molecular flexibility index (Phi) is 11.7. The van der Waals surface area contributed by atoms with Gasteiger partial charge in [-0.25, -0.2) is 0 Å². The van der Waals surface area contributed by atoms with Crippen molar-refractivity contribution in [3.8, 4) is 0 Å². The summed E-state index contributed by atoms with van der Waals surface area (Å²) in [5.74, 6) is 1.27. The number of hydrogen-bond donors (Lipinski definition) is 1. The second kappa shape index (κ2) is 15.3. The number of carbonyl (C=O) groups excluding carboxylic acids is 2. The minimum absolute atomic E-state index is 0.0505. The average molecular weight is 683 g/mol. The van der Waals surface area contributed by atoms with Crippen LogP contribution in [0.15, 0.2) is 52.2 Å². The lowest BCUT2D eigenvalue weighted by atomic mass is 9.53. The van der Waals surface area contributed by atoms with Crippen molar-refractivity contribution in [1.29, 1.82) is 0 Å². The van der Waals surface area contributed by atoms with Crippen molar-refractivity contribution in [2.45, 2.75) is 145 Å². The quantitative estimate of drug-likeness (QED) is 0.148. The fourth-order valence-electron chi connectivity index (χ4n) is 9.57. The minimum Gasteiger partial charge on any atom is -0.356 e. The van der Waals surface area contributed by atoms with Gasteiger partial charge in [0, 0.05) is 54.2 Å². The molecule has 1 aliphatic heterocycles. The monoisotopic (exact) mass is 683 g/mol. The molecule has 4 aliphatic rings. The Hall–Kier alpha value is -3.02. The van der Waals surface area contributed by atoms with Crippen LogP contribution in [0.2, 0.25) is 0 Å². The van der Waals surface area contributed by atoms with Crippen molar-refractivity contribution >= 4 is 28.8 Å². The maximum atomic E-state index is 13.2. The molecule has 6 nitrogen and oxygen atoms in total. The first kappa shape index (κ1) is 38.2. The molecule has 1 heterocycles. The van der Waals surface area contributed by atoms with Crippen molar-refractivity contribution < 1.29 is 9.59 Å². The minimum atomic E-state index is 0.0505. The molecule has 274 valence electrons. The molecule has 6 heteroatoms. The first-order chi connectivity index (χ1) is 23.7. The Morgan fingerprint density at radius 3 is 2.20 bits per heavy atom. The van der Waals surface area contributed by atoms with E-state index in [4.69, 9.17) is 9.98 Å². The number of hydrogen-bond acceptors (Lipinski definition) is 4. The molecular formula is C44H66N4O2. The number of nitrogens with zero attached hydrogens (tertiary/aromatic N) is 3. The summed E-state index contributed by atoms with van der Waals surface area (Å²) in [5, 5.41) is 3.07. The lowest BCUT2D eigenvalue weighted by molar-refractivity contribution is -0.136. The van der Waals surface area contributed by atoms with Crippen LogP contribution in [0.3, 0.4) is 0 Å². The molecule has 4 fully saturated rings. The number of allylic oxidation sites excluding steroid dienone is 2. The lowest BCUT2D eigenvalue weighted by Crippen LogP contribution is -2.43. The average Bonchev–Trinajstić information content (AvgIpc) is 3.49. The van der Waals surface area contributed by atoms with Gasteiger partial charge in [-0.3, -0.25) is 19.6 Å². The number of benzene rings is 1. The second-order valence-corrected chi connectivity index (χ2v) is 17.3. The van der Waals surface area contributed by atoms with Gasteiger partial charge in [0.2, 0.25) is 11.8 Å². The molecule has 4 unspecified atom stereocenters. The van der Waals surface area contributed by atoms with Gasteiger partial charge in [-0.2, -0.15) is 0 Å². The normalized spacial score (nSPS) is 29.5. The summed E-state index contributed by atoms with van der Waals surface area (Å²) in [5.41, 5.74) is 8.56. The lowest BCUT2D eigenvalue weighted by Gasteiger charge is -2.50. The second-order valence-electron chi connectivity index (χ2n) is 17.3. The van der Waals surface area contributed by atoms with Crippen LogP contribution in [0.25, 0.3) is 5.57 Å². The number of aliphatic imine (C=N–C) groups is 2. The van der Waals surface area contributed by atoms with E-state index in [1.807, 2.05) is 13.1 Å². The standard InChI is InChI=1S/C44H66N4O2/c1-29(2)34(8)40(49)45-24-12-11-14-33(7)46-26-31(5)37-16-18-38(19-17-37)43-21-20-42(22-23-44(42,43)28-43)32(6)27-47-36(10)39-15-13-25-48(39)41(50)35(9)30(3)4/h16-19,26-27,29-30,34-35,39H,11-15,20-25,28H2,1-10H3,(H,45,49)/b31-26+,32-27+,46-33?,47-36?/t34-,35+,39?,42?,43?,44?/m1/s1. The van der Waals surface area contributed by atoms with Crippen LogP contribution in [0, 0.1) is 34.5 Å². The van der Waals surface area contributed by atoms with Gasteiger partial charge in [-0.1, -0.05) is 65.8 Å². The summed E-state index contributed by atoms with van der Waals surface area (Å²) in [6.07, 6.45) is 15.6. The van der Waals surface area contributed by atoms with E-state index in [9.17, 15) is 9.59 Å². The van der Waals surface area contributed by atoms with Crippen molar-refractivity contribution in [2.75, 3.05) is 13.1 Å². The number of nitrogens with one attached hydrogen (secondary N) is 1. The van der Waals surface area contributed by atoms with Gasteiger partial charge in [-0.15, -0.1) is 0 Å². The van der Waals surface area contributed by atoms with E-state index in [1.165, 1.54) is 54.4 Å². The maximum absolute atomic E-state index is 13.2. The molecule has 50 heavy (non-hydrogen) atoms. The SMILES string of the molecule is CC(CCCCNC(=O)[C@H](C)C(C)C)=N/C=C(\C)c1ccc(C23CCC4(/C(C)=C/N=C(C)C5CCCN5C(=O)[C@@H](C)C(C)C)CCC42C3)cc1. The van der Waals surface area contributed by atoms with Crippen molar-refractivity contribution in [1.82, 2.24) is 10.2 Å². The Morgan fingerprint density at radius 1 is 0.880 bits per heavy atom. The van der Waals surface area contributed by atoms with Gasteiger partial charge in [0.15, 0.2) is 0 Å². The summed E-state index contributed by atoms with van der Waals surface area (Å²) >= 11 is 0. The van der Waals surface area contributed by atoms with Crippen molar-refractivity contribution in [2.24, 2.45) is 44.5 Å². The van der Waals surface area contributed by atoms with E-state index in [2.05, 4.69) is 103 Å². The van der Waals surface area contributed by atoms with Crippen LogP contribution in [0.1, 0.15) is 145 Å². The van der Waals surface area contributed by atoms with E-state index in [1.54, 1.807) is 0 Å². The van der Waals surface area contributed by atoms with E-state index >= 15 is 0 Å². The van der Waals surface area contributed by atoms with Crippen molar-refractivity contribution in [3.05, 3.63) is 53.4 Å². The summed E-state index contributed by atoms with van der Waals surface area (Å²) in [7, 11) is 0. The van der Waals surface area contributed by atoms with E-state index < -0.39 is 0 Å². The molecule has 5 rings (SSSR count). The fraction of sp³-hybridized carbons (Fsp3) is 0.682. The Morgan fingerprint density at radius 2 is 1.56 bits per heavy atom. The molecule has 1 saturated heterocycles. The van der Waals surface area contributed by atoms with Crippen molar-refractivity contribution in [3.63, 3.8) is 0 Å². The third-order valence-electron chi connectivity index (χ3n) is 13.9. The van der Waals surface area contributed by atoms with Gasteiger partial charge >= 0.3 is 0 Å². The largest absolute Gasteiger partial charge is 0.356 e. The zero-order valence-corrected chi connectivity index (χ0v) is 33.0. The predicted molar refractivity (Wildman–Crippen MR) is 209 cm³/mol. The summed E-state index contributed by atoms with van der Waals surface area (Å²) in [4.78, 5) is 37.3. The molecule has 1 spiro atoms. The molecular weight excluding hydrogens is 617 g/mol. The first-order valence-electron chi connectivity index (χ1n) is 19.8. The summed E-state index contributed by atoms with van der Waals surface area (Å²) < 4.78 is 0. The highest BCUT2D eigenvalue weighted by Gasteiger charge is 2.83. The molecule has 0 bridgehead atoms. The van der Waals surface area contributed by atoms with Gasteiger partial charge in [0.05, 0.1) is 6.04 Å². The number of rotatable bonds is 15. The smallest absolute Gasteiger partial charge is 0.226 e. The third-order valence-corrected chi connectivity index (χ3v) is 13.9. The zero-order valence-electron chi connectivity index (χ0n) is 33.0. The highest BCUT2D eigenvalue weighted by atomic mass is 16.2. The molecule has 0 aromatic heterocycles. The maximum Gasteiger partial charge on any atom is 0.226 e. The highest BCUT2D eigenvalue weighted by molar-refractivity contribution is 5.93. The van der Waals surface area contributed by atoms with Gasteiger partial charge < -0.3 is 10.2 Å². The fourth-order valence-corrected chi connectivity index (χ4v) is 9.57. The molecule has 3 saturated carbocycles. The summed E-state index contributed by atoms with van der Waals surface area (Å²) in [6, 6.07) is 9.53.